The molecule has 0 aromatic heterocycles. The molecule has 3 N–H and O–H groups in total. The zero-order valence-corrected chi connectivity index (χ0v) is 12.2. The first-order valence-corrected chi connectivity index (χ1v) is 6.82. The molecule has 1 rings (SSSR count). The molecule has 0 radical (unpaired) electrons. The third kappa shape index (κ3) is 4.16. The lowest BCUT2D eigenvalue weighted by Crippen LogP contribution is -2.23. The molecule has 106 valence electrons. The lowest BCUT2D eigenvalue weighted by molar-refractivity contribution is 0.0526. The minimum Gasteiger partial charge on any atom is -0.462 e. The quantitative estimate of drug-likeness (QED) is 0.611. The van der Waals surface area contributed by atoms with E-state index in [0.717, 1.165) is 12.1 Å². The van der Waals surface area contributed by atoms with Crippen LogP contribution in [-0.2, 0) is 4.74 Å². The normalized spacial score (nSPS) is 13.7. The van der Waals surface area contributed by atoms with Crippen LogP contribution in [0, 0.1) is 5.92 Å². The smallest absolute Gasteiger partial charge is 0.338 e. The molecule has 0 aliphatic heterocycles. The summed E-state index contributed by atoms with van der Waals surface area (Å²) in [6.45, 7) is 8.64. The molecule has 2 atom stereocenters. The second-order valence-corrected chi connectivity index (χ2v) is 4.84. The fourth-order valence-corrected chi connectivity index (χ4v) is 1.78. The first-order valence-electron chi connectivity index (χ1n) is 6.82. The molecular weight excluding hydrogens is 240 g/mol. The molecule has 4 heteroatoms. The summed E-state index contributed by atoms with van der Waals surface area (Å²) in [7, 11) is 0. The van der Waals surface area contributed by atoms with Crippen LogP contribution >= 0.6 is 0 Å². The molecule has 2 unspecified atom stereocenters. The minimum absolute atomic E-state index is 0.334. The first-order chi connectivity index (χ1) is 8.99. The number of anilines is 2. The van der Waals surface area contributed by atoms with Crippen LogP contribution in [0.4, 0.5) is 11.4 Å². The van der Waals surface area contributed by atoms with Crippen molar-refractivity contribution in [2.24, 2.45) is 5.92 Å². The molecule has 1 aromatic rings. The number of rotatable bonds is 6. The molecule has 4 nitrogen and oxygen atoms in total. The van der Waals surface area contributed by atoms with Gasteiger partial charge in [-0.15, -0.1) is 0 Å². The van der Waals surface area contributed by atoms with Crippen LogP contribution in [0.15, 0.2) is 18.2 Å². The van der Waals surface area contributed by atoms with Crippen molar-refractivity contribution in [3.63, 3.8) is 0 Å². The molecule has 0 aliphatic rings. The minimum atomic E-state index is -0.337. The van der Waals surface area contributed by atoms with Crippen LogP contribution < -0.4 is 11.1 Å². The number of nitrogen functional groups attached to an aromatic ring is 1. The highest BCUT2D eigenvalue weighted by Gasteiger charge is 2.13. The zero-order chi connectivity index (χ0) is 14.4. The summed E-state index contributed by atoms with van der Waals surface area (Å²) < 4.78 is 4.94. The molecule has 0 aliphatic carbocycles. The van der Waals surface area contributed by atoms with E-state index in [9.17, 15) is 4.79 Å². The largest absolute Gasteiger partial charge is 0.462 e. The lowest BCUT2D eigenvalue weighted by atomic mass is 10.0. The Hall–Kier alpha value is -1.71. The van der Waals surface area contributed by atoms with Crippen molar-refractivity contribution in [3.8, 4) is 0 Å². The summed E-state index contributed by atoms with van der Waals surface area (Å²) in [5, 5.41) is 3.38. The Morgan fingerprint density at radius 3 is 2.58 bits per heavy atom. The molecule has 0 amide bonds. The van der Waals surface area contributed by atoms with Crippen molar-refractivity contribution < 1.29 is 9.53 Å². The number of hydrogen-bond acceptors (Lipinski definition) is 4. The standard InChI is InChI=1S/C15H24N2O2/c1-5-10(3)11(4)17-14-8-7-12(9-13(14)16)15(18)19-6-2/h7-11,17H,5-6,16H2,1-4H3. The highest BCUT2D eigenvalue weighted by Crippen LogP contribution is 2.23. The Balaban J connectivity index is 2.80. The number of carbonyl (C=O) groups excluding carboxylic acids is 1. The van der Waals surface area contributed by atoms with Gasteiger partial charge in [0.1, 0.15) is 0 Å². The third-order valence-corrected chi connectivity index (χ3v) is 3.44. The van der Waals surface area contributed by atoms with Crippen molar-refractivity contribution in [1.82, 2.24) is 0 Å². The van der Waals surface area contributed by atoms with Crippen LogP contribution in [0.1, 0.15) is 44.5 Å². The fraction of sp³-hybridized carbons (Fsp3) is 0.533. The number of nitrogens with two attached hydrogens (primary N) is 1. The van der Waals surface area contributed by atoms with E-state index in [-0.39, 0.29) is 5.97 Å². The predicted octanol–water partition coefficient (Wildman–Crippen LogP) is 3.29. The molecule has 0 heterocycles. The maximum atomic E-state index is 11.6. The van der Waals surface area contributed by atoms with Crippen LogP contribution in [0.25, 0.3) is 0 Å². The Morgan fingerprint density at radius 1 is 1.37 bits per heavy atom. The highest BCUT2D eigenvalue weighted by molar-refractivity contribution is 5.91. The average Bonchev–Trinajstić information content (AvgIpc) is 2.40. The van der Waals surface area contributed by atoms with Gasteiger partial charge in [-0.2, -0.15) is 0 Å². The Kier molecular flexibility index (Phi) is 5.67. The average molecular weight is 264 g/mol. The van der Waals surface area contributed by atoms with Crippen molar-refractivity contribution in [1.29, 1.82) is 0 Å². The van der Waals surface area contributed by atoms with E-state index in [1.807, 2.05) is 6.07 Å². The summed E-state index contributed by atoms with van der Waals surface area (Å²) in [5.74, 6) is 0.222. The number of carbonyl (C=O) groups is 1. The summed E-state index contributed by atoms with van der Waals surface area (Å²) in [5.41, 5.74) is 7.89. The second kappa shape index (κ2) is 7.02. The van der Waals surface area contributed by atoms with Gasteiger partial charge in [0, 0.05) is 6.04 Å². The highest BCUT2D eigenvalue weighted by atomic mass is 16.5. The van der Waals surface area contributed by atoms with Gasteiger partial charge in [0.25, 0.3) is 0 Å². The van der Waals surface area contributed by atoms with E-state index in [2.05, 4.69) is 26.1 Å². The number of ether oxygens (including phenoxy) is 1. The Morgan fingerprint density at radius 2 is 2.05 bits per heavy atom. The van der Waals surface area contributed by atoms with Crippen molar-refractivity contribution in [3.05, 3.63) is 23.8 Å². The second-order valence-electron chi connectivity index (χ2n) is 4.84. The lowest BCUT2D eigenvalue weighted by Gasteiger charge is -2.22. The summed E-state index contributed by atoms with van der Waals surface area (Å²) >= 11 is 0. The zero-order valence-electron chi connectivity index (χ0n) is 12.2. The summed E-state index contributed by atoms with van der Waals surface area (Å²) in [6.07, 6.45) is 1.11. The van der Waals surface area contributed by atoms with Crippen molar-refractivity contribution in [2.75, 3.05) is 17.7 Å². The van der Waals surface area contributed by atoms with Gasteiger partial charge in [-0.1, -0.05) is 20.3 Å². The van der Waals surface area contributed by atoms with Gasteiger partial charge in [0.2, 0.25) is 0 Å². The number of esters is 1. The fourth-order valence-electron chi connectivity index (χ4n) is 1.78. The molecule has 1 aromatic carbocycles. The van der Waals surface area contributed by atoms with Gasteiger partial charge in [0.05, 0.1) is 23.5 Å². The molecule has 0 saturated carbocycles. The van der Waals surface area contributed by atoms with E-state index in [1.54, 1.807) is 19.1 Å². The molecular formula is C15H24N2O2. The van der Waals surface area contributed by atoms with Gasteiger partial charge in [-0.3, -0.25) is 0 Å². The van der Waals surface area contributed by atoms with Gasteiger partial charge in [0.15, 0.2) is 0 Å². The maximum Gasteiger partial charge on any atom is 0.338 e. The molecule has 0 saturated heterocycles. The van der Waals surface area contributed by atoms with Crippen molar-refractivity contribution in [2.45, 2.75) is 40.2 Å². The van der Waals surface area contributed by atoms with Gasteiger partial charge in [-0.25, -0.2) is 4.79 Å². The van der Waals surface area contributed by atoms with E-state index < -0.39 is 0 Å². The topological polar surface area (TPSA) is 64.3 Å². The first kappa shape index (κ1) is 15.3. The maximum absolute atomic E-state index is 11.6. The van der Waals surface area contributed by atoms with Crippen LogP contribution in [0.2, 0.25) is 0 Å². The molecule has 19 heavy (non-hydrogen) atoms. The van der Waals surface area contributed by atoms with E-state index in [4.69, 9.17) is 10.5 Å². The third-order valence-electron chi connectivity index (χ3n) is 3.44. The van der Waals surface area contributed by atoms with E-state index in [1.165, 1.54) is 0 Å². The van der Waals surface area contributed by atoms with Crippen LogP contribution in [0.3, 0.4) is 0 Å². The molecule has 0 bridgehead atoms. The Bertz CT molecular complexity index is 432. The van der Waals surface area contributed by atoms with Gasteiger partial charge < -0.3 is 15.8 Å². The van der Waals surface area contributed by atoms with Crippen LogP contribution in [0.5, 0.6) is 0 Å². The monoisotopic (exact) mass is 264 g/mol. The number of benzene rings is 1. The van der Waals surface area contributed by atoms with Gasteiger partial charge in [-0.05, 0) is 38.0 Å². The predicted molar refractivity (Wildman–Crippen MR) is 79.4 cm³/mol. The summed E-state index contributed by atoms with van der Waals surface area (Å²) in [4.78, 5) is 11.6. The molecule has 0 fully saturated rings. The Labute approximate surface area is 115 Å². The summed E-state index contributed by atoms with van der Waals surface area (Å²) in [6, 6.07) is 5.56. The SMILES string of the molecule is CCOC(=O)c1ccc(NC(C)C(C)CC)c(N)c1. The molecule has 0 spiro atoms. The van der Waals surface area contributed by atoms with E-state index >= 15 is 0 Å². The van der Waals surface area contributed by atoms with E-state index in [0.29, 0.717) is 29.8 Å². The van der Waals surface area contributed by atoms with Crippen molar-refractivity contribution >= 4 is 17.3 Å². The number of nitrogens with one attached hydrogen (secondary N) is 1. The number of hydrogen-bond donors (Lipinski definition) is 2. The van der Waals surface area contributed by atoms with Crippen LogP contribution in [-0.4, -0.2) is 18.6 Å². The van der Waals surface area contributed by atoms with Gasteiger partial charge >= 0.3 is 5.97 Å².